The van der Waals surface area contributed by atoms with Gasteiger partial charge in [-0.2, -0.15) is 0 Å². The number of aromatic amines is 1. The number of fused-ring (bicyclic) bond motifs is 4. The van der Waals surface area contributed by atoms with E-state index in [0.29, 0.717) is 19.1 Å². The number of carbonyl (C=O) groups excluding carboxylic acids is 1. The van der Waals surface area contributed by atoms with E-state index in [1.54, 1.807) is 0 Å². The van der Waals surface area contributed by atoms with Crippen LogP contribution in [0.3, 0.4) is 0 Å². The standard InChI is InChI=1S/C29H34N4O3/c1-17-13-31-28-24(17)12-21(14-32-28)19-8-18-4-6-33(29(34)20-9-22-2-3-23(10-20)36-22)15-26(18)25(11-19)27-16-35-7-5-30-27/h8,11-14,20,22-23,27,30H,2-7,9-10,15-16H2,1H3,(H,31,32). The minimum absolute atomic E-state index is 0.110. The molecule has 0 radical (unpaired) electrons. The molecule has 0 spiro atoms. The Labute approximate surface area is 211 Å². The average molecular weight is 487 g/mol. The molecule has 2 bridgehead atoms. The van der Waals surface area contributed by atoms with E-state index in [1.807, 2.05) is 12.4 Å². The van der Waals surface area contributed by atoms with Gasteiger partial charge in [0, 0.05) is 48.9 Å². The number of nitrogens with one attached hydrogen (secondary N) is 2. The third kappa shape index (κ3) is 3.94. The molecule has 36 heavy (non-hydrogen) atoms. The Bertz CT molecular complexity index is 1300. The van der Waals surface area contributed by atoms with Crippen LogP contribution >= 0.6 is 0 Å². The Balaban J connectivity index is 1.23. The molecule has 0 aliphatic carbocycles. The fourth-order valence-electron chi connectivity index (χ4n) is 6.74. The van der Waals surface area contributed by atoms with Gasteiger partial charge >= 0.3 is 0 Å². The SMILES string of the molecule is Cc1c[nH]c2ncc(-c3cc4c(c(C5COCCN5)c3)CN(C(=O)C3CC5CCC(C3)O5)CC4)cc12. The maximum absolute atomic E-state index is 13.6. The number of morpholine rings is 1. The van der Waals surface area contributed by atoms with Gasteiger partial charge in [-0.3, -0.25) is 4.79 Å². The van der Waals surface area contributed by atoms with Crippen LogP contribution in [0.4, 0.5) is 0 Å². The molecule has 4 aliphatic heterocycles. The van der Waals surface area contributed by atoms with Gasteiger partial charge in [0.1, 0.15) is 5.65 Å². The van der Waals surface area contributed by atoms with Crippen molar-refractivity contribution in [1.29, 1.82) is 0 Å². The number of hydrogen-bond acceptors (Lipinski definition) is 5. The van der Waals surface area contributed by atoms with Gasteiger partial charge in [0.15, 0.2) is 0 Å². The highest BCUT2D eigenvalue weighted by molar-refractivity contribution is 5.85. The minimum Gasteiger partial charge on any atom is -0.378 e. The molecular weight excluding hydrogens is 452 g/mol. The Kier molecular flexibility index (Phi) is 5.60. The van der Waals surface area contributed by atoms with Crippen LogP contribution in [0.15, 0.2) is 30.6 Å². The summed E-state index contributed by atoms with van der Waals surface area (Å²) < 4.78 is 11.9. The first-order valence-electron chi connectivity index (χ1n) is 13.5. The van der Waals surface area contributed by atoms with Crippen LogP contribution in [0, 0.1) is 12.8 Å². The van der Waals surface area contributed by atoms with Gasteiger partial charge in [0.25, 0.3) is 0 Å². The van der Waals surface area contributed by atoms with E-state index in [0.717, 1.165) is 68.4 Å². The fourth-order valence-corrected chi connectivity index (χ4v) is 6.74. The van der Waals surface area contributed by atoms with E-state index >= 15 is 0 Å². The second kappa shape index (κ2) is 8.98. The average Bonchev–Trinajstić information content (AvgIpc) is 3.47. The van der Waals surface area contributed by atoms with Gasteiger partial charge in [-0.15, -0.1) is 0 Å². The second-order valence-electron chi connectivity index (χ2n) is 11.0. The van der Waals surface area contributed by atoms with E-state index < -0.39 is 0 Å². The third-order valence-electron chi connectivity index (χ3n) is 8.70. The first kappa shape index (κ1) is 22.5. The number of amides is 1. The van der Waals surface area contributed by atoms with Crippen LogP contribution in [0.1, 0.15) is 54.0 Å². The molecule has 3 atom stereocenters. The molecule has 2 N–H and O–H groups in total. The molecule has 4 aliphatic rings. The zero-order valence-corrected chi connectivity index (χ0v) is 20.9. The lowest BCUT2D eigenvalue weighted by atomic mass is 9.86. The molecular formula is C29H34N4O3. The molecule has 3 aromatic rings. The summed E-state index contributed by atoms with van der Waals surface area (Å²) in [6, 6.07) is 7.00. The van der Waals surface area contributed by atoms with Gasteiger partial charge in [-0.25, -0.2) is 4.98 Å². The van der Waals surface area contributed by atoms with Crippen molar-refractivity contribution in [2.24, 2.45) is 5.92 Å². The zero-order chi connectivity index (χ0) is 24.2. The van der Waals surface area contributed by atoms with Crippen LogP contribution < -0.4 is 5.32 Å². The molecule has 3 unspecified atom stereocenters. The molecule has 2 aromatic heterocycles. The summed E-state index contributed by atoms with van der Waals surface area (Å²) in [6.45, 7) is 5.81. The quantitative estimate of drug-likeness (QED) is 0.584. The molecule has 1 amide bonds. The van der Waals surface area contributed by atoms with Crippen molar-refractivity contribution in [1.82, 2.24) is 20.2 Å². The molecule has 3 fully saturated rings. The molecule has 1 aromatic carbocycles. The summed E-state index contributed by atoms with van der Waals surface area (Å²) >= 11 is 0. The Hall–Kier alpha value is -2.74. The highest BCUT2D eigenvalue weighted by Crippen LogP contribution is 2.39. The topological polar surface area (TPSA) is 79.5 Å². The van der Waals surface area contributed by atoms with E-state index in [-0.39, 0.29) is 24.2 Å². The van der Waals surface area contributed by atoms with Crippen molar-refractivity contribution in [2.45, 2.75) is 63.8 Å². The largest absolute Gasteiger partial charge is 0.378 e. The lowest BCUT2D eigenvalue weighted by molar-refractivity contribution is -0.142. The third-order valence-corrected chi connectivity index (χ3v) is 8.70. The monoisotopic (exact) mass is 486 g/mol. The first-order chi connectivity index (χ1) is 17.6. The Morgan fingerprint density at radius 3 is 2.81 bits per heavy atom. The first-order valence-corrected chi connectivity index (χ1v) is 13.5. The summed E-state index contributed by atoms with van der Waals surface area (Å²) in [5.41, 5.74) is 8.34. The number of H-pyrrole nitrogens is 1. The van der Waals surface area contributed by atoms with Gasteiger partial charge < -0.3 is 24.7 Å². The zero-order valence-electron chi connectivity index (χ0n) is 20.9. The van der Waals surface area contributed by atoms with E-state index in [1.165, 1.54) is 27.8 Å². The predicted molar refractivity (Wildman–Crippen MR) is 138 cm³/mol. The highest BCUT2D eigenvalue weighted by atomic mass is 16.5. The normalized spacial score (nSPS) is 27.9. The van der Waals surface area contributed by atoms with Gasteiger partial charge in [-0.1, -0.05) is 6.07 Å². The van der Waals surface area contributed by atoms with E-state index in [9.17, 15) is 4.79 Å². The highest BCUT2D eigenvalue weighted by Gasteiger charge is 2.40. The van der Waals surface area contributed by atoms with Crippen LogP contribution in [0.2, 0.25) is 0 Å². The van der Waals surface area contributed by atoms with E-state index in [2.05, 4.69) is 45.3 Å². The number of nitrogens with zero attached hydrogens (tertiary/aromatic N) is 2. The summed E-state index contributed by atoms with van der Waals surface area (Å²) in [5.74, 6) is 0.431. The summed E-state index contributed by atoms with van der Waals surface area (Å²) in [7, 11) is 0. The maximum Gasteiger partial charge on any atom is 0.226 e. The fraction of sp³-hybridized carbons (Fsp3) is 0.517. The predicted octanol–water partition coefficient (Wildman–Crippen LogP) is 4.04. The van der Waals surface area contributed by atoms with Gasteiger partial charge in [-0.05, 0) is 79.0 Å². The van der Waals surface area contributed by atoms with Gasteiger partial charge in [0.05, 0.1) is 31.5 Å². The maximum atomic E-state index is 13.6. The summed E-state index contributed by atoms with van der Waals surface area (Å²) in [5, 5.41) is 4.82. The second-order valence-corrected chi connectivity index (χ2v) is 11.0. The number of aromatic nitrogens is 2. The smallest absolute Gasteiger partial charge is 0.226 e. The number of aryl methyl sites for hydroxylation is 1. The van der Waals surface area contributed by atoms with Crippen LogP contribution in [0.5, 0.6) is 0 Å². The minimum atomic E-state index is 0.110. The Morgan fingerprint density at radius 2 is 2.00 bits per heavy atom. The number of carbonyl (C=O) groups is 1. The van der Waals surface area contributed by atoms with Crippen molar-refractivity contribution in [3.8, 4) is 11.1 Å². The van der Waals surface area contributed by atoms with Crippen molar-refractivity contribution >= 4 is 16.9 Å². The van der Waals surface area contributed by atoms with Crippen molar-refractivity contribution in [2.75, 3.05) is 26.3 Å². The van der Waals surface area contributed by atoms with Crippen LogP contribution in [-0.4, -0.2) is 59.3 Å². The van der Waals surface area contributed by atoms with Crippen LogP contribution in [-0.2, 0) is 27.2 Å². The van der Waals surface area contributed by atoms with Crippen molar-refractivity contribution in [3.05, 3.63) is 52.8 Å². The molecule has 7 rings (SSSR count). The summed E-state index contributed by atoms with van der Waals surface area (Å²) in [4.78, 5) is 23.6. The lowest BCUT2D eigenvalue weighted by Gasteiger charge is -2.37. The molecule has 0 saturated carbocycles. The van der Waals surface area contributed by atoms with Crippen molar-refractivity contribution < 1.29 is 14.3 Å². The van der Waals surface area contributed by atoms with Crippen molar-refractivity contribution in [3.63, 3.8) is 0 Å². The molecule has 3 saturated heterocycles. The van der Waals surface area contributed by atoms with E-state index in [4.69, 9.17) is 9.47 Å². The number of benzene rings is 1. The molecule has 188 valence electrons. The molecule has 7 nitrogen and oxygen atoms in total. The number of pyridine rings is 1. The van der Waals surface area contributed by atoms with Gasteiger partial charge in [0.2, 0.25) is 5.91 Å². The summed E-state index contributed by atoms with van der Waals surface area (Å²) in [6.07, 6.45) is 9.42. The molecule has 6 heterocycles. The Morgan fingerprint density at radius 1 is 1.14 bits per heavy atom. The van der Waals surface area contributed by atoms with Crippen LogP contribution in [0.25, 0.3) is 22.2 Å². The molecule has 7 heteroatoms. The number of ether oxygens (including phenoxy) is 2. The lowest BCUT2D eigenvalue weighted by Crippen LogP contribution is -2.44. The number of hydrogen-bond donors (Lipinski definition) is 2. The number of rotatable bonds is 3.